The normalized spacial score (nSPS) is 17.1. The van der Waals surface area contributed by atoms with E-state index in [4.69, 9.17) is 10.7 Å². The minimum atomic E-state index is -0.331. The standard InChI is InChI=1S/C23H22N4OS2/c1-12(22(24)28)20-19(16-7-10-26-13(2)21(16)30-20)23-27-17-11-15(3-4-18(17)29-23)14-5-8-25-9-6-14/h3-6,8-9,11-13,26H,7,10H2,1-2H3,(H2,24,28)/t12?,13-/m1/s1. The Morgan fingerprint density at radius 2 is 2.00 bits per heavy atom. The molecule has 7 heteroatoms. The molecular formula is C23H22N4OS2. The highest BCUT2D eigenvalue weighted by atomic mass is 32.1. The Labute approximate surface area is 183 Å². The fraction of sp³-hybridized carbons (Fsp3) is 0.261. The molecule has 0 saturated heterocycles. The predicted molar refractivity (Wildman–Crippen MR) is 124 cm³/mol. The van der Waals surface area contributed by atoms with Crippen LogP contribution in [0.1, 0.15) is 41.1 Å². The quantitative estimate of drug-likeness (QED) is 0.480. The lowest BCUT2D eigenvalue weighted by molar-refractivity contribution is -0.119. The molecular weight excluding hydrogens is 412 g/mol. The van der Waals surface area contributed by atoms with Crippen LogP contribution in [-0.4, -0.2) is 22.4 Å². The van der Waals surface area contributed by atoms with E-state index in [-0.39, 0.29) is 17.9 Å². The molecule has 152 valence electrons. The number of carbonyl (C=O) groups excluding carboxylic acids is 1. The number of carbonyl (C=O) groups is 1. The van der Waals surface area contributed by atoms with Crippen LogP contribution in [0.5, 0.6) is 0 Å². The number of primary amides is 1. The van der Waals surface area contributed by atoms with Gasteiger partial charge in [0.1, 0.15) is 5.01 Å². The maximum Gasteiger partial charge on any atom is 0.225 e. The Morgan fingerprint density at radius 3 is 2.77 bits per heavy atom. The number of benzene rings is 1. The van der Waals surface area contributed by atoms with Crippen LogP contribution >= 0.6 is 22.7 Å². The fourth-order valence-electron chi connectivity index (χ4n) is 4.03. The van der Waals surface area contributed by atoms with Crippen molar-refractivity contribution >= 4 is 38.8 Å². The van der Waals surface area contributed by atoms with Crippen molar-refractivity contribution in [3.8, 4) is 21.7 Å². The number of thiophene rings is 1. The molecule has 1 unspecified atom stereocenters. The summed E-state index contributed by atoms with van der Waals surface area (Å²) in [6.07, 6.45) is 4.54. The summed E-state index contributed by atoms with van der Waals surface area (Å²) in [6.45, 7) is 5.01. The third-order valence-electron chi connectivity index (χ3n) is 5.72. The van der Waals surface area contributed by atoms with Crippen molar-refractivity contribution in [2.45, 2.75) is 32.2 Å². The third kappa shape index (κ3) is 3.23. The number of amides is 1. The van der Waals surface area contributed by atoms with E-state index < -0.39 is 0 Å². The highest BCUT2D eigenvalue weighted by Gasteiger charge is 2.30. The van der Waals surface area contributed by atoms with Gasteiger partial charge in [0.2, 0.25) is 5.91 Å². The van der Waals surface area contributed by atoms with E-state index in [9.17, 15) is 4.79 Å². The van der Waals surface area contributed by atoms with Crippen molar-refractivity contribution in [2.24, 2.45) is 5.73 Å². The van der Waals surface area contributed by atoms with Crippen LogP contribution in [0, 0.1) is 0 Å². The van der Waals surface area contributed by atoms with E-state index in [0.717, 1.165) is 49.8 Å². The largest absolute Gasteiger partial charge is 0.369 e. The van der Waals surface area contributed by atoms with Crippen LogP contribution in [0.4, 0.5) is 0 Å². The molecule has 3 N–H and O–H groups in total. The average Bonchev–Trinajstić information content (AvgIpc) is 3.35. The number of hydrogen-bond acceptors (Lipinski definition) is 6. The summed E-state index contributed by atoms with van der Waals surface area (Å²) >= 11 is 3.39. The summed E-state index contributed by atoms with van der Waals surface area (Å²) < 4.78 is 1.14. The molecule has 3 aromatic heterocycles. The van der Waals surface area contributed by atoms with E-state index >= 15 is 0 Å². The number of fused-ring (bicyclic) bond motifs is 2. The molecule has 5 nitrogen and oxygen atoms in total. The fourth-order valence-corrected chi connectivity index (χ4v) is 6.57. The zero-order valence-electron chi connectivity index (χ0n) is 16.8. The molecule has 4 heterocycles. The number of thiazole rings is 1. The number of rotatable bonds is 4. The van der Waals surface area contributed by atoms with Crippen LogP contribution in [0.3, 0.4) is 0 Å². The predicted octanol–water partition coefficient (Wildman–Crippen LogP) is 4.88. The van der Waals surface area contributed by atoms with Crippen molar-refractivity contribution in [2.75, 3.05) is 6.54 Å². The Morgan fingerprint density at radius 1 is 1.20 bits per heavy atom. The Balaban J connectivity index is 1.67. The van der Waals surface area contributed by atoms with Gasteiger partial charge in [-0.15, -0.1) is 22.7 Å². The molecule has 5 rings (SSSR count). The second-order valence-corrected chi connectivity index (χ2v) is 9.79. The highest BCUT2D eigenvalue weighted by molar-refractivity contribution is 7.22. The van der Waals surface area contributed by atoms with Gasteiger partial charge >= 0.3 is 0 Å². The molecule has 1 amide bonds. The van der Waals surface area contributed by atoms with E-state index in [1.54, 1.807) is 35.1 Å². The van der Waals surface area contributed by atoms with Gasteiger partial charge < -0.3 is 11.1 Å². The number of pyridine rings is 1. The van der Waals surface area contributed by atoms with Crippen molar-refractivity contribution in [1.29, 1.82) is 0 Å². The van der Waals surface area contributed by atoms with Gasteiger partial charge in [0.25, 0.3) is 0 Å². The molecule has 0 bridgehead atoms. The van der Waals surface area contributed by atoms with Gasteiger partial charge in [-0.1, -0.05) is 6.07 Å². The first-order valence-corrected chi connectivity index (χ1v) is 11.7. The molecule has 30 heavy (non-hydrogen) atoms. The molecule has 0 aliphatic carbocycles. The smallest absolute Gasteiger partial charge is 0.225 e. The Kier molecular flexibility index (Phi) is 4.89. The summed E-state index contributed by atoms with van der Waals surface area (Å²) in [4.78, 5) is 23.5. The molecule has 1 aliphatic rings. The summed E-state index contributed by atoms with van der Waals surface area (Å²) in [5.74, 6) is -0.626. The summed E-state index contributed by atoms with van der Waals surface area (Å²) in [5, 5.41) is 4.50. The lowest BCUT2D eigenvalue weighted by Gasteiger charge is -2.20. The topological polar surface area (TPSA) is 80.9 Å². The highest BCUT2D eigenvalue weighted by Crippen LogP contribution is 2.46. The number of nitrogens with two attached hydrogens (primary N) is 1. The number of aromatic nitrogens is 2. The minimum absolute atomic E-state index is 0.277. The number of hydrogen-bond donors (Lipinski definition) is 2. The van der Waals surface area contributed by atoms with Gasteiger partial charge in [-0.25, -0.2) is 4.98 Å². The first-order valence-electron chi connectivity index (χ1n) is 10.0. The minimum Gasteiger partial charge on any atom is -0.369 e. The van der Waals surface area contributed by atoms with E-state index in [1.807, 2.05) is 19.1 Å². The number of nitrogens with one attached hydrogen (secondary N) is 1. The summed E-state index contributed by atoms with van der Waals surface area (Å²) in [6, 6.07) is 10.7. The molecule has 0 saturated carbocycles. The van der Waals surface area contributed by atoms with Gasteiger partial charge in [0, 0.05) is 33.8 Å². The summed E-state index contributed by atoms with van der Waals surface area (Å²) in [5.41, 5.74) is 11.4. The maximum absolute atomic E-state index is 12.0. The average molecular weight is 435 g/mol. The molecule has 0 spiro atoms. The van der Waals surface area contributed by atoms with Gasteiger partial charge in [-0.3, -0.25) is 9.78 Å². The zero-order chi connectivity index (χ0) is 20.8. The van der Waals surface area contributed by atoms with Gasteiger partial charge in [-0.2, -0.15) is 0 Å². The van der Waals surface area contributed by atoms with Gasteiger partial charge in [0.05, 0.1) is 16.1 Å². The third-order valence-corrected chi connectivity index (χ3v) is 8.37. The molecule has 0 fully saturated rings. The van der Waals surface area contributed by atoms with Crippen molar-refractivity contribution in [1.82, 2.24) is 15.3 Å². The van der Waals surface area contributed by atoms with E-state index in [0.29, 0.717) is 0 Å². The van der Waals surface area contributed by atoms with Crippen LogP contribution in [0.2, 0.25) is 0 Å². The zero-order valence-corrected chi connectivity index (χ0v) is 18.4. The van der Waals surface area contributed by atoms with E-state index in [2.05, 4.69) is 35.4 Å². The SMILES string of the molecule is CC(C(N)=O)c1sc2c(c1-c1nc3cc(-c4ccncc4)ccc3s1)CCN[C@@H]2C. The lowest BCUT2D eigenvalue weighted by atomic mass is 9.96. The first kappa shape index (κ1) is 19.4. The summed E-state index contributed by atoms with van der Waals surface area (Å²) in [7, 11) is 0. The first-order chi connectivity index (χ1) is 14.5. The van der Waals surface area contributed by atoms with Crippen LogP contribution in [-0.2, 0) is 11.2 Å². The second-order valence-electron chi connectivity index (χ2n) is 7.67. The van der Waals surface area contributed by atoms with Crippen LogP contribution in [0.25, 0.3) is 31.9 Å². The van der Waals surface area contributed by atoms with Crippen LogP contribution in [0.15, 0.2) is 42.7 Å². The number of nitrogens with zero attached hydrogens (tertiary/aromatic N) is 2. The van der Waals surface area contributed by atoms with Crippen molar-refractivity contribution in [3.63, 3.8) is 0 Å². The van der Waals surface area contributed by atoms with E-state index in [1.165, 1.54) is 10.4 Å². The van der Waals surface area contributed by atoms with Crippen molar-refractivity contribution in [3.05, 3.63) is 58.0 Å². The molecule has 2 atom stereocenters. The molecule has 4 aromatic rings. The monoisotopic (exact) mass is 434 g/mol. The Bertz CT molecular complexity index is 1250. The van der Waals surface area contributed by atoms with Gasteiger partial charge in [0.15, 0.2) is 0 Å². The molecule has 0 radical (unpaired) electrons. The van der Waals surface area contributed by atoms with Gasteiger partial charge in [-0.05, 0) is 67.8 Å². The molecule has 1 aromatic carbocycles. The second kappa shape index (κ2) is 7.58. The lowest BCUT2D eigenvalue weighted by Crippen LogP contribution is -2.26. The molecule has 1 aliphatic heterocycles. The maximum atomic E-state index is 12.0. The Hall–Kier alpha value is -2.61. The van der Waals surface area contributed by atoms with Crippen LogP contribution < -0.4 is 11.1 Å². The van der Waals surface area contributed by atoms with Crippen molar-refractivity contribution < 1.29 is 4.79 Å².